The third-order valence-electron chi connectivity index (χ3n) is 3.05. The lowest BCUT2D eigenvalue weighted by molar-refractivity contribution is 0.385. The number of benzene rings is 1. The molecule has 0 aliphatic carbocycles. The highest BCUT2D eigenvalue weighted by molar-refractivity contribution is 5.31. The zero-order valence-electron chi connectivity index (χ0n) is 11.2. The maximum Gasteiger partial charge on any atom is 0.165 e. The van der Waals surface area contributed by atoms with Crippen molar-refractivity contribution in [3.05, 3.63) is 41.7 Å². The van der Waals surface area contributed by atoms with Crippen LogP contribution in [0, 0.1) is 5.82 Å². The Hall–Kier alpha value is -1.95. The summed E-state index contributed by atoms with van der Waals surface area (Å²) in [5, 5.41) is 11.1. The van der Waals surface area contributed by atoms with Crippen LogP contribution in [0.3, 0.4) is 0 Å². The highest BCUT2D eigenvalue weighted by atomic mass is 19.1. The van der Waals surface area contributed by atoms with E-state index in [1.165, 1.54) is 13.2 Å². The molecule has 0 radical (unpaired) electrons. The summed E-state index contributed by atoms with van der Waals surface area (Å²) in [5.74, 6) is 0.748. The number of ether oxygens (including phenoxy) is 1. The number of rotatable bonds is 5. The first-order chi connectivity index (χ1) is 9.11. The van der Waals surface area contributed by atoms with E-state index >= 15 is 0 Å². The van der Waals surface area contributed by atoms with Crippen molar-refractivity contribution >= 4 is 0 Å². The molecular formula is C13H17FN4O. The number of aromatic nitrogens is 3. The minimum atomic E-state index is -0.355. The summed E-state index contributed by atoms with van der Waals surface area (Å²) < 4.78 is 20.2. The van der Waals surface area contributed by atoms with E-state index in [2.05, 4.69) is 15.5 Å². The number of hydrogen-bond donors (Lipinski definition) is 1. The second-order valence-electron chi connectivity index (χ2n) is 4.35. The molecule has 102 valence electrons. The summed E-state index contributed by atoms with van der Waals surface area (Å²) >= 11 is 0. The van der Waals surface area contributed by atoms with Crippen LogP contribution in [0.5, 0.6) is 5.75 Å². The molecule has 0 saturated carbocycles. The smallest absolute Gasteiger partial charge is 0.165 e. The van der Waals surface area contributed by atoms with Crippen molar-refractivity contribution in [2.75, 3.05) is 7.11 Å². The lowest BCUT2D eigenvalue weighted by Crippen LogP contribution is -2.20. The Labute approximate surface area is 111 Å². The van der Waals surface area contributed by atoms with Crippen LogP contribution in [-0.2, 0) is 13.6 Å². The Morgan fingerprint density at radius 2 is 2.26 bits per heavy atom. The summed E-state index contributed by atoms with van der Waals surface area (Å²) in [5.41, 5.74) is 0.959. The predicted molar refractivity (Wildman–Crippen MR) is 69.2 cm³/mol. The molecule has 0 aliphatic heterocycles. The predicted octanol–water partition coefficient (Wildman–Crippen LogP) is 1.81. The first kappa shape index (κ1) is 13.5. The van der Waals surface area contributed by atoms with Crippen LogP contribution in [0.25, 0.3) is 0 Å². The van der Waals surface area contributed by atoms with Gasteiger partial charge in [-0.15, -0.1) is 10.2 Å². The van der Waals surface area contributed by atoms with Crippen molar-refractivity contribution in [2.45, 2.75) is 19.5 Å². The van der Waals surface area contributed by atoms with Crippen molar-refractivity contribution in [3.63, 3.8) is 0 Å². The Morgan fingerprint density at radius 3 is 2.89 bits per heavy atom. The van der Waals surface area contributed by atoms with Gasteiger partial charge in [-0.25, -0.2) is 4.39 Å². The van der Waals surface area contributed by atoms with Gasteiger partial charge in [-0.05, 0) is 24.6 Å². The van der Waals surface area contributed by atoms with Crippen LogP contribution < -0.4 is 10.1 Å². The van der Waals surface area contributed by atoms with Crippen molar-refractivity contribution in [1.29, 1.82) is 0 Å². The first-order valence-electron chi connectivity index (χ1n) is 6.01. The molecule has 1 aromatic heterocycles. The van der Waals surface area contributed by atoms with E-state index in [9.17, 15) is 4.39 Å². The second-order valence-corrected chi connectivity index (χ2v) is 4.35. The molecule has 1 aromatic carbocycles. The molecule has 0 fully saturated rings. The molecule has 0 amide bonds. The van der Waals surface area contributed by atoms with Crippen LogP contribution in [0.15, 0.2) is 24.5 Å². The molecule has 1 heterocycles. The summed E-state index contributed by atoms with van der Waals surface area (Å²) in [6, 6.07) is 4.91. The SMILES string of the molecule is COc1cc(C(C)NCc2nncn2C)ccc1F. The molecular weight excluding hydrogens is 247 g/mol. The zero-order valence-corrected chi connectivity index (χ0v) is 11.2. The van der Waals surface area contributed by atoms with Gasteiger partial charge in [0.1, 0.15) is 12.2 Å². The molecule has 0 aliphatic rings. The lowest BCUT2D eigenvalue weighted by atomic mass is 10.1. The van der Waals surface area contributed by atoms with Gasteiger partial charge in [0.2, 0.25) is 0 Å². The average molecular weight is 264 g/mol. The molecule has 2 aromatic rings. The highest BCUT2D eigenvalue weighted by Crippen LogP contribution is 2.22. The molecule has 1 N–H and O–H groups in total. The maximum atomic E-state index is 13.3. The van der Waals surface area contributed by atoms with E-state index in [-0.39, 0.29) is 17.6 Å². The molecule has 0 saturated heterocycles. The molecule has 19 heavy (non-hydrogen) atoms. The standard InChI is InChI=1S/C13H17FN4O/c1-9(15-7-13-17-16-8-18(13)2)10-4-5-11(14)12(6-10)19-3/h4-6,8-9,15H,7H2,1-3H3. The Kier molecular flexibility index (Phi) is 4.11. The van der Waals surface area contributed by atoms with Gasteiger partial charge >= 0.3 is 0 Å². The van der Waals surface area contributed by atoms with Crippen LogP contribution in [0.2, 0.25) is 0 Å². The van der Waals surface area contributed by atoms with Crippen molar-refractivity contribution in [1.82, 2.24) is 20.1 Å². The monoisotopic (exact) mass is 264 g/mol. The van der Waals surface area contributed by atoms with Gasteiger partial charge in [0.25, 0.3) is 0 Å². The fourth-order valence-corrected chi connectivity index (χ4v) is 1.78. The first-order valence-corrected chi connectivity index (χ1v) is 6.01. The van der Waals surface area contributed by atoms with E-state index in [1.807, 2.05) is 18.5 Å². The van der Waals surface area contributed by atoms with Crippen LogP contribution in [0.1, 0.15) is 24.4 Å². The summed E-state index contributed by atoms with van der Waals surface area (Å²) in [6.45, 7) is 2.60. The highest BCUT2D eigenvalue weighted by Gasteiger charge is 2.10. The molecule has 5 nitrogen and oxygen atoms in total. The number of methoxy groups -OCH3 is 1. The Morgan fingerprint density at radius 1 is 1.47 bits per heavy atom. The van der Waals surface area contributed by atoms with Crippen LogP contribution >= 0.6 is 0 Å². The van der Waals surface area contributed by atoms with Gasteiger partial charge in [0, 0.05) is 13.1 Å². The third-order valence-corrected chi connectivity index (χ3v) is 3.05. The van der Waals surface area contributed by atoms with Crippen molar-refractivity contribution in [2.24, 2.45) is 7.05 Å². The van der Waals surface area contributed by atoms with Gasteiger partial charge in [-0.2, -0.15) is 0 Å². The van der Waals surface area contributed by atoms with Gasteiger partial charge in [-0.3, -0.25) is 0 Å². The van der Waals surface area contributed by atoms with Crippen molar-refractivity contribution in [3.8, 4) is 5.75 Å². The van der Waals surface area contributed by atoms with Gasteiger partial charge < -0.3 is 14.6 Å². The topological polar surface area (TPSA) is 52.0 Å². The average Bonchev–Trinajstić information content (AvgIpc) is 2.82. The van der Waals surface area contributed by atoms with E-state index in [1.54, 1.807) is 18.5 Å². The Balaban J connectivity index is 2.03. The van der Waals surface area contributed by atoms with Gasteiger partial charge in [0.05, 0.1) is 13.7 Å². The summed E-state index contributed by atoms with van der Waals surface area (Å²) in [6.07, 6.45) is 1.66. The molecule has 6 heteroatoms. The maximum absolute atomic E-state index is 13.3. The largest absolute Gasteiger partial charge is 0.494 e. The van der Waals surface area contributed by atoms with Gasteiger partial charge in [-0.1, -0.05) is 6.07 Å². The number of hydrogen-bond acceptors (Lipinski definition) is 4. The van der Waals surface area contributed by atoms with Gasteiger partial charge in [0.15, 0.2) is 11.6 Å². The zero-order chi connectivity index (χ0) is 13.8. The van der Waals surface area contributed by atoms with E-state index in [0.717, 1.165) is 11.4 Å². The normalized spacial score (nSPS) is 12.4. The van der Waals surface area contributed by atoms with Crippen LogP contribution in [0.4, 0.5) is 4.39 Å². The van der Waals surface area contributed by atoms with E-state index in [0.29, 0.717) is 6.54 Å². The Bertz CT molecular complexity index is 555. The number of nitrogens with one attached hydrogen (secondary N) is 1. The molecule has 0 spiro atoms. The number of halogens is 1. The fourth-order valence-electron chi connectivity index (χ4n) is 1.78. The fraction of sp³-hybridized carbons (Fsp3) is 0.385. The second kappa shape index (κ2) is 5.79. The molecule has 1 unspecified atom stereocenters. The molecule has 0 bridgehead atoms. The quantitative estimate of drug-likeness (QED) is 0.895. The number of aryl methyl sites for hydroxylation is 1. The van der Waals surface area contributed by atoms with Crippen molar-refractivity contribution < 1.29 is 9.13 Å². The van der Waals surface area contributed by atoms with E-state index in [4.69, 9.17) is 4.74 Å². The molecule has 2 rings (SSSR count). The minimum Gasteiger partial charge on any atom is -0.494 e. The summed E-state index contributed by atoms with van der Waals surface area (Å²) in [7, 11) is 3.35. The van der Waals surface area contributed by atoms with Crippen LogP contribution in [-0.4, -0.2) is 21.9 Å². The number of nitrogens with zero attached hydrogens (tertiary/aromatic N) is 3. The lowest BCUT2D eigenvalue weighted by Gasteiger charge is -2.15. The molecule has 1 atom stereocenters. The van der Waals surface area contributed by atoms with E-state index < -0.39 is 0 Å². The third kappa shape index (κ3) is 3.08. The minimum absolute atomic E-state index is 0.0613. The summed E-state index contributed by atoms with van der Waals surface area (Å²) in [4.78, 5) is 0.